The smallest absolute Gasteiger partial charge is 0.222 e. The summed E-state index contributed by atoms with van der Waals surface area (Å²) in [4.78, 5) is 20.3. The van der Waals surface area contributed by atoms with Crippen LogP contribution in [0.3, 0.4) is 0 Å². The molecule has 0 atom stereocenters. The number of rotatable bonds is 4. The highest BCUT2D eigenvalue weighted by molar-refractivity contribution is 5.77. The molecule has 2 rings (SSSR count). The summed E-state index contributed by atoms with van der Waals surface area (Å²) in [6.07, 6.45) is 9.20. The maximum atomic E-state index is 11.9. The Morgan fingerprint density at radius 2 is 2.05 bits per heavy atom. The molecular formula is C14H22N4O. The van der Waals surface area contributed by atoms with Gasteiger partial charge in [0.2, 0.25) is 5.91 Å². The average Bonchev–Trinajstić information content (AvgIpc) is 2.38. The van der Waals surface area contributed by atoms with Crippen molar-refractivity contribution in [2.45, 2.75) is 57.5 Å². The lowest BCUT2D eigenvalue weighted by Crippen LogP contribution is -2.45. The van der Waals surface area contributed by atoms with Gasteiger partial charge in [-0.2, -0.15) is 0 Å². The molecule has 5 heteroatoms. The molecule has 0 saturated heterocycles. The first kappa shape index (κ1) is 13.9. The first-order chi connectivity index (χ1) is 9.07. The lowest BCUT2D eigenvalue weighted by molar-refractivity contribution is -0.122. The third-order valence-corrected chi connectivity index (χ3v) is 3.66. The molecule has 0 unspecified atom stereocenters. The van der Waals surface area contributed by atoms with Crippen molar-refractivity contribution < 1.29 is 4.79 Å². The van der Waals surface area contributed by atoms with Gasteiger partial charge < -0.3 is 11.1 Å². The van der Waals surface area contributed by atoms with E-state index in [1.165, 1.54) is 6.42 Å². The predicted octanol–water partition coefficient (Wildman–Crippen LogP) is 1.45. The lowest BCUT2D eigenvalue weighted by atomic mass is 9.80. The first-order valence-corrected chi connectivity index (χ1v) is 6.91. The molecule has 104 valence electrons. The van der Waals surface area contributed by atoms with E-state index in [1.807, 2.05) is 6.92 Å². The lowest BCUT2D eigenvalue weighted by Gasteiger charge is -2.32. The van der Waals surface area contributed by atoms with Crippen molar-refractivity contribution in [3.8, 4) is 0 Å². The third kappa shape index (κ3) is 4.28. The second kappa shape index (κ2) is 6.10. The Kier molecular flexibility index (Phi) is 4.47. The van der Waals surface area contributed by atoms with E-state index in [-0.39, 0.29) is 11.4 Å². The molecular weight excluding hydrogens is 240 g/mol. The van der Waals surface area contributed by atoms with Crippen LogP contribution in [0.25, 0.3) is 0 Å². The zero-order chi connectivity index (χ0) is 13.7. The SMILES string of the molecule is Cc1cnc(CNC(=O)CC2(N)CCCCC2)cn1. The Balaban J connectivity index is 1.79. The molecule has 0 spiro atoms. The van der Waals surface area contributed by atoms with Gasteiger partial charge in [0, 0.05) is 18.2 Å². The number of nitrogens with two attached hydrogens (primary N) is 1. The van der Waals surface area contributed by atoms with Crippen molar-refractivity contribution in [3.05, 3.63) is 23.8 Å². The van der Waals surface area contributed by atoms with E-state index in [9.17, 15) is 4.79 Å². The summed E-state index contributed by atoms with van der Waals surface area (Å²) in [5.74, 6) is 0.00627. The van der Waals surface area contributed by atoms with Crippen LogP contribution >= 0.6 is 0 Å². The maximum Gasteiger partial charge on any atom is 0.222 e. The molecule has 0 bridgehead atoms. The van der Waals surface area contributed by atoms with E-state index >= 15 is 0 Å². The van der Waals surface area contributed by atoms with E-state index < -0.39 is 0 Å². The highest BCUT2D eigenvalue weighted by Gasteiger charge is 2.29. The second-order valence-electron chi connectivity index (χ2n) is 5.53. The number of carbonyl (C=O) groups is 1. The summed E-state index contributed by atoms with van der Waals surface area (Å²) in [6, 6.07) is 0. The van der Waals surface area contributed by atoms with Gasteiger partial charge in [-0.25, -0.2) is 0 Å². The highest BCUT2D eigenvalue weighted by atomic mass is 16.1. The standard InChI is InChI=1S/C14H22N4O/c1-11-8-17-12(9-16-11)10-18-13(19)7-14(15)5-3-2-4-6-14/h8-9H,2-7,10,15H2,1H3,(H,18,19). The largest absolute Gasteiger partial charge is 0.350 e. The Hall–Kier alpha value is -1.49. The number of nitrogens with one attached hydrogen (secondary N) is 1. The number of hydrogen-bond acceptors (Lipinski definition) is 4. The van der Waals surface area contributed by atoms with Gasteiger partial charge >= 0.3 is 0 Å². The van der Waals surface area contributed by atoms with Gasteiger partial charge in [0.15, 0.2) is 0 Å². The van der Waals surface area contributed by atoms with Gasteiger partial charge in [-0.05, 0) is 19.8 Å². The van der Waals surface area contributed by atoms with Crippen molar-refractivity contribution in [1.29, 1.82) is 0 Å². The Morgan fingerprint density at radius 3 is 2.68 bits per heavy atom. The first-order valence-electron chi connectivity index (χ1n) is 6.91. The molecule has 1 aliphatic rings. The fraction of sp³-hybridized carbons (Fsp3) is 0.643. The molecule has 1 saturated carbocycles. The zero-order valence-corrected chi connectivity index (χ0v) is 11.5. The molecule has 0 aromatic carbocycles. The van der Waals surface area contributed by atoms with Crippen LogP contribution in [0.15, 0.2) is 12.4 Å². The summed E-state index contributed by atoms with van der Waals surface area (Å²) in [5, 5.41) is 2.87. The van der Waals surface area contributed by atoms with Crippen LogP contribution in [-0.2, 0) is 11.3 Å². The summed E-state index contributed by atoms with van der Waals surface area (Å²) < 4.78 is 0. The second-order valence-corrected chi connectivity index (χ2v) is 5.53. The van der Waals surface area contributed by atoms with Crippen LogP contribution in [0, 0.1) is 6.92 Å². The monoisotopic (exact) mass is 262 g/mol. The Labute approximate surface area is 114 Å². The summed E-state index contributed by atoms with van der Waals surface area (Å²) in [6.45, 7) is 2.30. The molecule has 1 fully saturated rings. The summed E-state index contributed by atoms with van der Waals surface area (Å²) >= 11 is 0. The minimum atomic E-state index is -0.304. The zero-order valence-electron chi connectivity index (χ0n) is 11.5. The molecule has 3 N–H and O–H groups in total. The molecule has 5 nitrogen and oxygen atoms in total. The van der Waals surface area contributed by atoms with Gasteiger partial charge in [-0.1, -0.05) is 19.3 Å². The van der Waals surface area contributed by atoms with Gasteiger partial charge in [0.05, 0.1) is 24.1 Å². The number of nitrogens with zero attached hydrogens (tertiary/aromatic N) is 2. The van der Waals surface area contributed by atoms with Crippen molar-refractivity contribution in [2.75, 3.05) is 0 Å². The van der Waals surface area contributed by atoms with Crippen molar-refractivity contribution >= 4 is 5.91 Å². The number of amides is 1. The molecule has 19 heavy (non-hydrogen) atoms. The van der Waals surface area contributed by atoms with Crippen LogP contribution in [-0.4, -0.2) is 21.4 Å². The minimum absolute atomic E-state index is 0.00627. The molecule has 1 aliphatic carbocycles. The molecule has 0 radical (unpaired) electrons. The number of hydrogen-bond donors (Lipinski definition) is 2. The minimum Gasteiger partial charge on any atom is -0.350 e. The number of aromatic nitrogens is 2. The topological polar surface area (TPSA) is 80.9 Å². The van der Waals surface area contributed by atoms with Gasteiger partial charge in [-0.15, -0.1) is 0 Å². The Bertz CT molecular complexity index is 424. The van der Waals surface area contributed by atoms with Crippen LogP contribution in [0.2, 0.25) is 0 Å². The molecule has 1 amide bonds. The third-order valence-electron chi connectivity index (χ3n) is 3.66. The Morgan fingerprint density at radius 1 is 1.32 bits per heavy atom. The number of carbonyl (C=O) groups excluding carboxylic acids is 1. The highest BCUT2D eigenvalue weighted by Crippen LogP contribution is 2.28. The van der Waals surface area contributed by atoms with Gasteiger partial charge in [0.1, 0.15) is 0 Å². The van der Waals surface area contributed by atoms with Crippen molar-refractivity contribution in [1.82, 2.24) is 15.3 Å². The van der Waals surface area contributed by atoms with Gasteiger partial charge in [0.25, 0.3) is 0 Å². The van der Waals surface area contributed by atoms with E-state index in [0.29, 0.717) is 13.0 Å². The molecule has 1 aromatic rings. The molecule has 1 heterocycles. The van der Waals surface area contributed by atoms with Crippen LogP contribution in [0.5, 0.6) is 0 Å². The maximum absolute atomic E-state index is 11.9. The van der Waals surface area contributed by atoms with Crippen molar-refractivity contribution in [3.63, 3.8) is 0 Å². The van der Waals surface area contributed by atoms with E-state index in [1.54, 1.807) is 12.4 Å². The van der Waals surface area contributed by atoms with E-state index in [4.69, 9.17) is 5.73 Å². The van der Waals surface area contributed by atoms with Crippen LogP contribution < -0.4 is 11.1 Å². The van der Waals surface area contributed by atoms with Gasteiger partial charge in [-0.3, -0.25) is 14.8 Å². The van der Waals surface area contributed by atoms with E-state index in [0.717, 1.165) is 37.1 Å². The molecule has 1 aromatic heterocycles. The van der Waals surface area contributed by atoms with Crippen LogP contribution in [0.1, 0.15) is 49.9 Å². The van der Waals surface area contributed by atoms with Crippen molar-refractivity contribution in [2.24, 2.45) is 5.73 Å². The summed E-state index contributed by atoms with van der Waals surface area (Å²) in [7, 11) is 0. The normalized spacial score (nSPS) is 18.0. The number of aryl methyl sites for hydroxylation is 1. The average molecular weight is 262 g/mol. The van der Waals surface area contributed by atoms with Crippen LogP contribution in [0.4, 0.5) is 0 Å². The molecule has 0 aliphatic heterocycles. The van der Waals surface area contributed by atoms with E-state index in [2.05, 4.69) is 15.3 Å². The summed E-state index contributed by atoms with van der Waals surface area (Å²) in [5.41, 5.74) is 7.60. The quantitative estimate of drug-likeness (QED) is 0.860. The predicted molar refractivity (Wildman–Crippen MR) is 73.2 cm³/mol. The fourth-order valence-electron chi connectivity index (χ4n) is 2.51. The fourth-order valence-corrected chi connectivity index (χ4v) is 2.51.